The van der Waals surface area contributed by atoms with Crippen LogP contribution in [0, 0.1) is 5.82 Å². The van der Waals surface area contributed by atoms with Gasteiger partial charge in [-0.05, 0) is 7.05 Å². The Labute approximate surface area is 87.3 Å². The Balaban J connectivity index is 3.07. The average molecular weight is 215 g/mol. The van der Waals surface area contributed by atoms with E-state index in [1.807, 2.05) is 0 Å². The molecule has 3 N–H and O–H groups in total. The second kappa shape index (κ2) is 4.95. The first-order valence-electron chi connectivity index (χ1n) is 4.49. The standard InChI is InChI=1S/C10H14FNO3/c1-12-5-9(14)10-7(11)3-6(15-2)4-8(10)13/h3-4,9,12-14H,5H2,1-2H3. The van der Waals surface area contributed by atoms with Gasteiger partial charge in [-0.1, -0.05) is 0 Å². The molecular formula is C10H14FNO3. The van der Waals surface area contributed by atoms with E-state index in [1.54, 1.807) is 7.05 Å². The van der Waals surface area contributed by atoms with Gasteiger partial charge in [-0.15, -0.1) is 0 Å². The highest BCUT2D eigenvalue weighted by Crippen LogP contribution is 2.31. The first kappa shape index (κ1) is 11.7. The molecule has 0 saturated carbocycles. The van der Waals surface area contributed by atoms with Gasteiger partial charge in [-0.25, -0.2) is 4.39 Å². The van der Waals surface area contributed by atoms with Crippen LogP contribution in [0.25, 0.3) is 0 Å². The Bertz CT molecular complexity index is 320. The van der Waals surface area contributed by atoms with Gasteiger partial charge in [0.1, 0.15) is 17.3 Å². The summed E-state index contributed by atoms with van der Waals surface area (Å²) in [7, 11) is 3.00. The number of phenols is 1. The fourth-order valence-corrected chi connectivity index (χ4v) is 1.32. The van der Waals surface area contributed by atoms with Gasteiger partial charge in [-0.3, -0.25) is 0 Å². The van der Waals surface area contributed by atoms with Gasteiger partial charge in [0, 0.05) is 18.7 Å². The number of aromatic hydroxyl groups is 1. The van der Waals surface area contributed by atoms with Gasteiger partial charge in [0.15, 0.2) is 0 Å². The van der Waals surface area contributed by atoms with Crippen molar-refractivity contribution in [2.45, 2.75) is 6.10 Å². The van der Waals surface area contributed by atoms with Crippen LogP contribution in [-0.4, -0.2) is 30.9 Å². The quantitative estimate of drug-likeness (QED) is 0.695. The number of aliphatic hydroxyl groups is 1. The summed E-state index contributed by atoms with van der Waals surface area (Å²) < 4.78 is 18.2. The van der Waals surface area contributed by atoms with Crippen molar-refractivity contribution in [2.75, 3.05) is 20.7 Å². The summed E-state index contributed by atoms with van der Waals surface area (Å²) in [5.41, 5.74) is -0.120. The van der Waals surface area contributed by atoms with E-state index < -0.39 is 11.9 Å². The van der Waals surface area contributed by atoms with Crippen molar-refractivity contribution in [1.82, 2.24) is 5.32 Å². The van der Waals surface area contributed by atoms with Gasteiger partial charge in [0.2, 0.25) is 0 Å². The Hall–Kier alpha value is -1.33. The fraction of sp³-hybridized carbons (Fsp3) is 0.400. The number of rotatable bonds is 4. The molecule has 0 aromatic heterocycles. The first-order chi connectivity index (χ1) is 7.10. The van der Waals surface area contributed by atoms with Gasteiger partial charge in [0.05, 0.1) is 18.8 Å². The number of nitrogens with one attached hydrogen (secondary N) is 1. The molecule has 0 radical (unpaired) electrons. The van der Waals surface area contributed by atoms with Crippen molar-refractivity contribution in [3.8, 4) is 11.5 Å². The van der Waals surface area contributed by atoms with Gasteiger partial charge < -0.3 is 20.3 Å². The van der Waals surface area contributed by atoms with E-state index in [4.69, 9.17) is 4.74 Å². The Morgan fingerprint density at radius 3 is 2.67 bits per heavy atom. The number of benzene rings is 1. The normalized spacial score (nSPS) is 12.5. The first-order valence-corrected chi connectivity index (χ1v) is 4.49. The number of aliphatic hydroxyl groups excluding tert-OH is 1. The second-order valence-corrected chi connectivity index (χ2v) is 3.12. The summed E-state index contributed by atoms with van der Waals surface area (Å²) in [6.07, 6.45) is -1.08. The molecule has 1 unspecified atom stereocenters. The van der Waals surface area contributed by atoms with Gasteiger partial charge >= 0.3 is 0 Å². The van der Waals surface area contributed by atoms with Crippen LogP contribution in [-0.2, 0) is 0 Å². The molecule has 84 valence electrons. The topological polar surface area (TPSA) is 61.7 Å². The van der Waals surface area contributed by atoms with Crippen LogP contribution in [0.5, 0.6) is 11.5 Å². The zero-order valence-electron chi connectivity index (χ0n) is 8.62. The predicted octanol–water partition coefficient (Wildman–Crippen LogP) is 0.793. The minimum absolute atomic E-state index is 0.120. The van der Waals surface area contributed by atoms with Crippen LogP contribution in [0.15, 0.2) is 12.1 Å². The number of likely N-dealkylation sites (N-methyl/N-ethyl adjacent to an activating group) is 1. The minimum atomic E-state index is -1.08. The maximum Gasteiger partial charge on any atom is 0.136 e. The highest BCUT2D eigenvalue weighted by molar-refractivity contribution is 5.42. The Morgan fingerprint density at radius 1 is 1.53 bits per heavy atom. The lowest BCUT2D eigenvalue weighted by Gasteiger charge is -2.14. The summed E-state index contributed by atoms with van der Waals surface area (Å²) in [4.78, 5) is 0. The molecule has 5 heteroatoms. The molecule has 1 rings (SSSR count). The Morgan fingerprint density at radius 2 is 2.20 bits per heavy atom. The summed E-state index contributed by atoms with van der Waals surface area (Å²) in [6, 6.07) is 2.38. The van der Waals surface area contributed by atoms with Gasteiger partial charge in [0.25, 0.3) is 0 Å². The largest absolute Gasteiger partial charge is 0.507 e. The molecular weight excluding hydrogens is 201 g/mol. The number of ether oxygens (including phenoxy) is 1. The Kier molecular flexibility index (Phi) is 3.88. The van der Waals surface area contributed by atoms with Crippen LogP contribution < -0.4 is 10.1 Å². The van der Waals surface area contributed by atoms with Crippen molar-refractivity contribution in [1.29, 1.82) is 0 Å². The van der Waals surface area contributed by atoms with E-state index >= 15 is 0 Å². The maximum absolute atomic E-state index is 13.4. The minimum Gasteiger partial charge on any atom is -0.507 e. The van der Waals surface area contributed by atoms with Crippen LogP contribution in [0.3, 0.4) is 0 Å². The van der Waals surface area contributed by atoms with E-state index in [2.05, 4.69) is 5.32 Å². The van der Waals surface area contributed by atoms with E-state index in [0.717, 1.165) is 6.07 Å². The highest BCUT2D eigenvalue weighted by atomic mass is 19.1. The van der Waals surface area contributed by atoms with Crippen LogP contribution >= 0.6 is 0 Å². The smallest absolute Gasteiger partial charge is 0.136 e. The fourth-order valence-electron chi connectivity index (χ4n) is 1.32. The highest BCUT2D eigenvalue weighted by Gasteiger charge is 2.18. The third kappa shape index (κ3) is 2.57. The molecule has 0 aliphatic carbocycles. The lowest BCUT2D eigenvalue weighted by atomic mass is 10.1. The molecule has 0 saturated heterocycles. The lowest BCUT2D eigenvalue weighted by molar-refractivity contribution is 0.168. The monoisotopic (exact) mass is 215 g/mol. The average Bonchev–Trinajstić information content (AvgIpc) is 2.16. The second-order valence-electron chi connectivity index (χ2n) is 3.12. The molecule has 0 amide bonds. The maximum atomic E-state index is 13.4. The zero-order valence-corrected chi connectivity index (χ0v) is 8.62. The third-order valence-corrected chi connectivity index (χ3v) is 2.05. The molecule has 15 heavy (non-hydrogen) atoms. The van der Waals surface area contributed by atoms with Gasteiger partial charge in [-0.2, -0.15) is 0 Å². The van der Waals surface area contributed by atoms with Crippen LogP contribution in [0.1, 0.15) is 11.7 Å². The molecule has 0 heterocycles. The summed E-state index contributed by atoms with van der Waals surface area (Å²) in [6.45, 7) is 0.164. The molecule has 0 aliphatic heterocycles. The van der Waals surface area contributed by atoms with E-state index in [0.29, 0.717) is 0 Å². The summed E-state index contributed by atoms with van der Waals surface area (Å²) >= 11 is 0. The van der Waals surface area contributed by atoms with Crippen molar-refractivity contribution >= 4 is 0 Å². The molecule has 0 spiro atoms. The molecule has 1 atom stereocenters. The number of hydrogen-bond donors (Lipinski definition) is 3. The van der Waals surface area contributed by atoms with E-state index in [-0.39, 0.29) is 23.6 Å². The van der Waals surface area contributed by atoms with Crippen molar-refractivity contribution in [2.24, 2.45) is 0 Å². The van der Waals surface area contributed by atoms with Crippen LogP contribution in [0.4, 0.5) is 4.39 Å². The molecule has 4 nitrogen and oxygen atoms in total. The molecule has 1 aromatic carbocycles. The number of halogens is 1. The molecule has 1 aromatic rings. The summed E-state index contributed by atoms with van der Waals surface area (Å²) in [5, 5.41) is 21.7. The zero-order chi connectivity index (χ0) is 11.4. The number of hydrogen-bond acceptors (Lipinski definition) is 4. The molecule has 0 fully saturated rings. The number of phenolic OH excluding ortho intramolecular Hbond substituents is 1. The predicted molar refractivity (Wildman–Crippen MR) is 53.5 cm³/mol. The van der Waals surface area contributed by atoms with Crippen LogP contribution in [0.2, 0.25) is 0 Å². The summed E-state index contributed by atoms with van der Waals surface area (Å²) in [5.74, 6) is -0.783. The van der Waals surface area contributed by atoms with Crippen molar-refractivity contribution < 1.29 is 19.3 Å². The number of methoxy groups -OCH3 is 1. The molecule has 0 aliphatic rings. The lowest BCUT2D eigenvalue weighted by Crippen LogP contribution is -2.17. The van der Waals surface area contributed by atoms with E-state index in [1.165, 1.54) is 13.2 Å². The SMILES string of the molecule is CNCC(O)c1c(O)cc(OC)cc1F. The van der Waals surface area contributed by atoms with Crippen molar-refractivity contribution in [3.63, 3.8) is 0 Å². The van der Waals surface area contributed by atoms with Crippen molar-refractivity contribution in [3.05, 3.63) is 23.5 Å². The third-order valence-electron chi connectivity index (χ3n) is 2.05. The van der Waals surface area contributed by atoms with E-state index in [9.17, 15) is 14.6 Å². The molecule has 0 bridgehead atoms.